The Morgan fingerprint density at radius 3 is 3.13 bits per heavy atom. The molecule has 0 atom stereocenters. The van der Waals surface area contributed by atoms with E-state index in [0.29, 0.717) is 12.2 Å². The molecule has 0 saturated carbocycles. The second-order valence-electron chi connectivity index (χ2n) is 3.16. The Bertz CT molecular complexity index is 366. The van der Waals surface area contributed by atoms with Crippen molar-refractivity contribution in [2.45, 2.75) is 19.8 Å². The first-order valence-electron chi connectivity index (χ1n) is 5.02. The van der Waals surface area contributed by atoms with Crippen molar-refractivity contribution in [2.75, 3.05) is 6.61 Å². The molecule has 3 nitrogen and oxygen atoms in total. The molecule has 0 radical (unpaired) electrons. The Hall–Kier alpha value is -1.82. The van der Waals surface area contributed by atoms with Crippen LogP contribution in [-0.2, 0) is 4.84 Å². The first-order valence-corrected chi connectivity index (χ1v) is 5.02. The summed E-state index contributed by atoms with van der Waals surface area (Å²) in [5.74, 6) is 0. The van der Waals surface area contributed by atoms with Crippen molar-refractivity contribution in [1.29, 1.82) is 5.26 Å². The van der Waals surface area contributed by atoms with Gasteiger partial charge >= 0.3 is 0 Å². The van der Waals surface area contributed by atoms with E-state index in [1.165, 1.54) is 0 Å². The number of hydrogen-bond acceptors (Lipinski definition) is 3. The molecule has 3 heteroatoms. The monoisotopic (exact) mass is 202 g/mol. The van der Waals surface area contributed by atoms with E-state index in [2.05, 4.69) is 18.1 Å². The van der Waals surface area contributed by atoms with Crippen LogP contribution in [0, 0.1) is 11.3 Å². The third-order valence-corrected chi connectivity index (χ3v) is 1.88. The molecule has 0 unspecified atom stereocenters. The van der Waals surface area contributed by atoms with Crippen molar-refractivity contribution in [2.24, 2.45) is 5.16 Å². The SMILES string of the molecule is CCCCON=Cc1cccc(C#N)c1. The van der Waals surface area contributed by atoms with Crippen LogP contribution in [0.15, 0.2) is 29.4 Å². The summed E-state index contributed by atoms with van der Waals surface area (Å²) in [6.45, 7) is 2.74. The highest BCUT2D eigenvalue weighted by atomic mass is 16.6. The molecule has 0 bridgehead atoms. The molecule has 0 spiro atoms. The third kappa shape index (κ3) is 4.28. The molecule has 0 fully saturated rings. The average Bonchev–Trinajstić information content (AvgIpc) is 2.29. The van der Waals surface area contributed by atoms with Gasteiger partial charge in [-0.15, -0.1) is 0 Å². The average molecular weight is 202 g/mol. The van der Waals surface area contributed by atoms with Crippen LogP contribution in [0.2, 0.25) is 0 Å². The number of rotatable bonds is 5. The number of oxime groups is 1. The zero-order chi connectivity index (χ0) is 10.9. The van der Waals surface area contributed by atoms with E-state index < -0.39 is 0 Å². The fraction of sp³-hybridized carbons (Fsp3) is 0.333. The number of nitriles is 1. The van der Waals surface area contributed by atoms with Gasteiger partial charge in [-0.2, -0.15) is 5.26 Å². The summed E-state index contributed by atoms with van der Waals surface area (Å²) in [5, 5.41) is 12.5. The Morgan fingerprint density at radius 2 is 2.40 bits per heavy atom. The first-order chi connectivity index (χ1) is 7.36. The normalized spacial score (nSPS) is 10.1. The fourth-order valence-corrected chi connectivity index (χ4v) is 1.05. The summed E-state index contributed by atoms with van der Waals surface area (Å²) >= 11 is 0. The van der Waals surface area contributed by atoms with Gasteiger partial charge in [-0.05, 0) is 24.1 Å². The van der Waals surface area contributed by atoms with E-state index in [0.717, 1.165) is 18.4 Å². The van der Waals surface area contributed by atoms with Gasteiger partial charge in [-0.3, -0.25) is 0 Å². The van der Waals surface area contributed by atoms with Crippen LogP contribution in [-0.4, -0.2) is 12.8 Å². The van der Waals surface area contributed by atoms with E-state index in [1.807, 2.05) is 12.1 Å². The van der Waals surface area contributed by atoms with Gasteiger partial charge < -0.3 is 4.84 Å². The van der Waals surface area contributed by atoms with Gasteiger partial charge in [0.05, 0.1) is 17.8 Å². The van der Waals surface area contributed by atoms with E-state index in [1.54, 1.807) is 18.3 Å². The maximum atomic E-state index is 8.68. The number of unbranched alkanes of at least 4 members (excludes halogenated alkanes) is 1. The summed E-state index contributed by atoms with van der Waals surface area (Å²) in [6, 6.07) is 9.31. The topological polar surface area (TPSA) is 45.4 Å². The maximum Gasteiger partial charge on any atom is 0.117 e. The van der Waals surface area contributed by atoms with Gasteiger partial charge in [0.15, 0.2) is 0 Å². The molecule has 0 N–H and O–H groups in total. The summed E-state index contributed by atoms with van der Waals surface area (Å²) in [6.07, 6.45) is 3.73. The molecule has 0 saturated heterocycles. The lowest BCUT2D eigenvalue weighted by molar-refractivity contribution is 0.143. The van der Waals surface area contributed by atoms with Crippen molar-refractivity contribution in [3.63, 3.8) is 0 Å². The zero-order valence-electron chi connectivity index (χ0n) is 8.81. The zero-order valence-corrected chi connectivity index (χ0v) is 8.81. The van der Waals surface area contributed by atoms with Gasteiger partial charge in [0.25, 0.3) is 0 Å². The predicted molar refractivity (Wildman–Crippen MR) is 59.6 cm³/mol. The number of benzene rings is 1. The molecule has 1 rings (SSSR count). The predicted octanol–water partition coefficient (Wildman–Crippen LogP) is 2.71. The first kappa shape index (κ1) is 11.3. The lowest BCUT2D eigenvalue weighted by Crippen LogP contribution is -1.88. The van der Waals surface area contributed by atoms with Crippen LogP contribution in [0.4, 0.5) is 0 Å². The second kappa shape index (κ2) is 6.61. The molecule has 1 aromatic rings. The summed E-state index contributed by atoms with van der Waals surface area (Å²) in [5.41, 5.74) is 1.51. The third-order valence-electron chi connectivity index (χ3n) is 1.88. The number of hydrogen-bond donors (Lipinski definition) is 0. The van der Waals surface area contributed by atoms with Gasteiger partial charge in [0, 0.05) is 0 Å². The van der Waals surface area contributed by atoms with E-state index in [4.69, 9.17) is 10.1 Å². The van der Waals surface area contributed by atoms with Crippen LogP contribution >= 0.6 is 0 Å². The molecule has 78 valence electrons. The Labute approximate surface area is 90.0 Å². The Morgan fingerprint density at radius 1 is 1.53 bits per heavy atom. The molecular formula is C12H14N2O. The molecule has 0 amide bonds. The quantitative estimate of drug-likeness (QED) is 0.418. The summed E-state index contributed by atoms with van der Waals surface area (Å²) in [7, 11) is 0. The molecule has 0 heterocycles. The maximum absolute atomic E-state index is 8.68. The van der Waals surface area contributed by atoms with Gasteiger partial charge in [0.2, 0.25) is 0 Å². The van der Waals surface area contributed by atoms with Crippen molar-refractivity contribution < 1.29 is 4.84 Å². The standard InChI is InChI=1S/C12H14N2O/c1-2-3-7-15-14-10-12-6-4-5-11(8-12)9-13/h4-6,8,10H,2-3,7H2,1H3. The van der Waals surface area contributed by atoms with Crippen LogP contribution < -0.4 is 0 Å². The van der Waals surface area contributed by atoms with Crippen molar-refractivity contribution in [3.05, 3.63) is 35.4 Å². The molecule has 0 aromatic heterocycles. The van der Waals surface area contributed by atoms with Crippen LogP contribution in [0.1, 0.15) is 30.9 Å². The Balaban J connectivity index is 2.46. The van der Waals surface area contributed by atoms with Gasteiger partial charge in [-0.1, -0.05) is 30.6 Å². The summed E-state index contributed by atoms with van der Waals surface area (Å²) in [4.78, 5) is 5.04. The van der Waals surface area contributed by atoms with E-state index >= 15 is 0 Å². The molecule has 15 heavy (non-hydrogen) atoms. The van der Waals surface area contributed by atoms with Crippen molar-refractivity contribution in [1.82, 2.24) is 0 Å². The molecule has 0 aliphatic rings. The molecule has 0 aliphatic heterocycles. The molecular weight excluding hydrogens is 188 g/mol. The largest absolute Gasteiger partial charge is 0.396 e. The van der Waals surface area contributed by atoms with Crippen LogP contribution in [0.3, 0.4) is 0 Å². The van der Waals surface area contributed by atoms with Crippen molar-refractivity contribution >= 4 is 6.21 Å². The minimum atomic E-state index is 0.632. The minimum absolute atomic E-state index is 0.632. The van der Waals surface area contributed by atoms with E-state index in [9.17, 15) is 0 Å². The lowest BCUT2D eigenvalue weighted by Gasteiger charge is -1.96. The Kier molecular flexibility index (Phi) is 4.96. The highest BCUT2D eigenvalue weighted by Gasteiger charge is 1.91. The van der Waals surface area contributed by atoms with Gasteiger partial charge in [0.1, 0.15) is 6.61 Å². The minimum Gasteiger partial charge on any atom is -0.396 e. The highest BCUT2D eigenvalue weighted by molar-refractivity contribution is 5.79. The number of nitrogens with zero attached hydrogens (tertiary/aromatic N) is 2. The second-order valence-corrected chi connectivity index (χ2v) is 3.16. The van der Waals surface area contributed by atoms with Crippen LogP contribution in [0.25, 0.3) is 0 Å². The van der Waals surface area contributed by atoms with Crippen LogP contribution in [0.5, 0.6) is 0 Å². The lowest BCUT2D eigenvalue weighted by atomic mass is 10.1. The van der Waals surface area contributed by atoms with Gasteiger partial charge in [-0.25, -0.2) is 0 Å². The summed E-state index contributed by atoms with van der Waals surface area (Å²) < 4.78 is 0. The molecule has 1 aromatic carbocycles. The van der Waals surface area contributed by atoms with Crippen molar-refractivity contribution in [3.8, 4) is 6.07 Å². The highest BCUT2D eigenvalue weighted by Crippen LogP contribution is 2.01. The molecule has 0 aliphatic carbocycles. The smallest absolute Gasteiger partial charge is 0.117 e. The van der Waals surface area contributed by atoms with E-state index in [-0.39, 0.29) is 0 Å². The fourth-order valence-electron chi connectivity index (χ4n) is 1.05.